The van der Waals surface area contributed by atoms with E-state index in [9.17, 15) is 13.2 Å². The highest BCUT2D eigenvalue weighted by Crippen LogP contribution is 2.20. The molecule has 6 nitrogen and oxygen atoms in total. The minimum atomic E-state index is -3.62. The number of hydrazone groups is 1. The summed E-state index contributed by atoms with van der Waals surface area (Å²) in [6.07, 6.45) is 0. The van der Waals surface area contributed by atoms with Crippen molar-refractivity contribution in [2.45, 2.75) is 11.1 Å². The van der Waals surface area contributed by atoms with Gasteiger partial charge in [-0.3, -0.25) is 9.52 Å². The van der Waals surface area contributed by atoms with Crippen molar-refractivity contribution in [1.82, 2.24) is 5.43 Å². The number of thiophene rings is 1. The smallest absolute Gasteiger partial charge is 0.271 e. The summed E-state index contributed by atoms with van der Waals surface area (Å²) in [7, 11) is -3.62. The zero-order valence-electron chi connectivity index (χ0n) is 14.7. The third-order valence-electron chi connectivity index (χ3n) is 3.75. The van der Waals surface area contributed by atoms with E-state index in [-0.39, 0.29) is 10.1 Å². The first kappa shape index (κ1) is 20.2. The summed E-state index contributed by atoms with van der Waals surface area (Å²) < 4.78 is 28.1. The molecule has 0 unspecified atom stereocenters. The number of benzene rings is 2. The van der Waals surface area contributed by atoms with Gasteiger partial charge in [-0.15, -0.1) is 11.3 Å². The molecule has 1 amide bonds. The van der Waals surface area contributed by atoms with E-state index in [1.165, 1.54) is 30.3 Å². The molecule has 0 saturated carbocycles. The van der Waals surface area contributed by atoms with Crippen LogP contribution in [-0.4, -0.2) is 20.0 Å². The number of halogens is 1. The normalized spacial score (nSPS) is 11.9. The van der Waals surface area contributed by atoms with Gasteiger partial charge in [-0.05, 0) is 60.3 Å². The van der Waals surface area contributed by atoms with Gasteiger partial charge in [0.15, 0.2) is 0 Å². The summed E-state index contributed by atoms with van der Waals surface area (Å²) in [5.74, 6) is -0.385. The van der Waals surface area contributed by atoms with Crippen molar-refractivity contribution in [2.75, 3.05) is 4.72 Å². The molecular weight excluding hydrogens is 462 g/mol. The predicted molar refractivity (Wildman–Crippen MR) is 115 cm³/mol. The van der Waals surface area contributed by atoms with Gasteiger partial charge in [0.2, 0.25) is 0 Å². The van der Waals surface area contributed by atoms with Gasteiger partial charge < -0.3 is 0 Å². The van der Waals surface area contributed by atoms with E-state index in [4.69, 9.17) is 0 Å². The highest BCUT2D eigenvalue weighted by atomic mass is 79.9. The lowest BCUT2D eigenvalue weighted by molar-refractivity contribution is 0.0955. The van der Waals surface area contributed by atoms with Gasteiger partial charge in [-0.1, -0.05) is 34.1 Å². The van der Waals surface area contributed by atoms with Crippen LogP contribution in [0.5, 0.6) is 0 Å². The summed E-state index contributed by atoms with van der Waals surface area (Å²) in [4.78, 5) is 12.3. The molecule has 0 aliphatic heterocycles. The van der Waals surface area contributed by atoms with Crippen LogP contribution in [0.2, 0.25) is 0 Å². The van der Waals surface area contributed by atoms with Gasteiger partial charge in [0.25, 0.3) is 15.9 Å². The van der Waals surface area contributed by atoms with Crippen LogP contribution >= 0.6 is 27.3 Å². The Morgan fingerprint density at radius 2 is 1.64 bits per heavy atom. The van der Waals surface area contributed by atoms with Crippen LogP contribution < -0.4 is 10.1 Å². The summed E-state index contributed by atoms with van der Waals surface area (Å²) >= 11 is 4.50. The molecule has 0 atom stereocenters. The number of carbonyl (C=O) groups excluding carboxylic acids is 1. The van der Waals surface area contributed by atoms with Gasteiger partial charge in [-0.25, -0.2) is 13.8 Å². The number of carbonyl (C=O) groups is 1. The van der Waals surface area contributed by atoms with Crippen LogP contribution in [0, 0.1) is 0 Å². The zero-order chi connectivity index (χ0) is 20.1. The first-order chi connectivity index (χ1) is 13.3. The Labute approximate surface area is 175 Å². The number of hydrogen-bond donors (Lipinski definition) is 2. The molecule has 144 valence electrons. The standard InChI is InChI=1S/C19H16BrN3O3S2/c1-13(14-4-8-16(20)9-5-14)21-22-19(24)15-6-10-17(11-7-15)23-28(25,26)18-3-2-12-27-18/h2-12,23H,1H3,(H,22,24)/b21-13-. The lowest BCUT2D eigenvalue weighted by Crippen LogP contribution is -2.19. The molecule has 1 aromatic heterocycles. The maximum Gasteiger partial charge on any atom is 0.271 e. The number of sulfonamides is 1. The quantitative estimate of drug-likeness (QED) is 0.405. The number of amides is 1. The Kier molecular flexibility index (Phi) is 6.28. The van der Waals surface area contributed by atoms with E-state index >= 15 is 0 Å². The zero-order valence-corrected chi connectivity index (χ0v) is 17.9. The highest BCUT2D eigenvalue weighted by Gasteiger charge is 2.15. The Balaban J connectivity index is 1.65. The van der Waals surface area contributed by atoms with E-state index in [1.807, 2.05) is 24.3 Å². The largest absolute Gasteiger partial charge is 0.279 e. The second-order valence-electron chi connectivity index (χ2n) is 5.76. The molecule has 28 heavy (non-hydrogen) atoms. The van der Waals surface area contributed by atoms with Crippen molar-refractivity contribution < 1.29 is 13.2 Å². The van der Waals surface area contributed by atoms with Crippen LogP contribution in [0.25, 0.3) is 0 Å². The van der Waals surface area contributed by atoms with Crippen LogP contribution in [0.3, 0.4) is 0 Å². The molecule has 2 N–H and O–H groups in total. The van der Waals surface area contributed by atoms with Crippen LogP contribution in [0.1, 0.15) is 22.8 Å². The lowest BCUT2D eigenvalue weighted by Gasteiger charge is -2.07. The highest BCUT2D eigenvalue weighted by molar-refractivity contribution is 9.10. The second kappa shape index (κ2) is 8.68. The molecule has 0 aliphatic rings. The van der Waals surface area contributed by atoms with E-state index in [0.717, 1.165) is 21.4 Å². The first-order valence-electron chi connectivity index (χ1n) is 8.12. The molecule has 0 fully saturated rings. The number of hydrogen-bond acceptors (Lipinski definition) is 5. The average molecular weight is 478 g/mol. The second-order valence-corrected chi connectivity index (χ2v) is 9.53. The first-order valence-corrected chi connectivity index (χ1v) is 11.3. The van der Waals surface area contributed by atoms with E-state index in [0.29, 0.717) is 17.0 Å². The Hall–Kier alpha value is -2.49. The Morgan fingerprint density at radius 1 is 1.00 bits per heavy atom. The maximum atomic E-state index is 12.3. The lowest BCUT2D eigenvalue weighted by atomic mass is 10.1. The number of anilines is 1. The molecule has 0 spiro atoms. The molecule has 0 saturated heterocycles. The van der Waals surface area contributed by atoms with Gasteiger partial charge in [0.1, 0.15) is 4.21 Å². The van der Waals surface area contributed by atoms with Gasteiger partial charge in [-0.2, -0.15) is 5.10 Å². The third-order valence-corrected chi connectivity index (χ3v) is 7.05. The van der Waals surface area contributed by atoms with Crippen molar-refractivity contribution in [3.05, 3.63) is 81.6 Å². The minimum Gasteiger partial charge on any atom is -0.279 e. The van der Waals surface area contributed by atoms with Gasteiger partial charge >= 0.3 is 0 Å². The summed E-state index contributed by atoms with van der Waals surface area (Å²) in [5, 5.41) is 5.80. The number of nitrogens with zero attached hydrogens (tertiary/aromatic N) is 1. The fourth-order valence-corrected chi connectivity index (χ4v) is 4.58. The maximum absolute atomic E-state index is 12.3. The third kappa shape index (κ3) is 5.06. The van der Waals surface area contributed by atoms with Crippen molar-refractivity contribution in [1.29, 1.82) is 0 Å². The van der Waals surface area contributed by atoms with Crippen molar-refractivity contribution in [3.8, 4) is 0 Å². The van der Waals surface area contributed by atoms with Crippen molar-refractivity contribution >= 4 is 54.6 Å². The summed E-state index contributed by atoms with van der Waals surface area (Å²) in [6, 6.07) is 16.9. The predicted octanol–water partition coefficient (Wildman–Crippen LogP) is 4.47. The average Bonchev–Trinajstić information content (AvgIpc) is 3.22. The SMILES string of the molecule is C/C(=N/NC(=O)c1ccc(NS(=O)(=O)c2cccs2)cc1)c1ccc(Br)cc1. The van der Waals surface area contributed by atoms with E-state index in [2.05, 4.69) is 31.2 Å². The minimum absolute atomic E-state index is 0.229. The molecule has 0 radical (unpaired) electrons. The van der Waals surface area contributed by atoms with E-state index in [1.54, 1.807) is 18.4 Å². The fourth-order valence-electron chi connectivity index (χ4n) is 2.27. The molecule has 3 rings (SSSR count). The Morgan fingerprint density at radius 3 is 2.25 bits per heavy atom. The molecule has 3 aromatic rings. The van der Waals surface area contributed by atoms with E-state index < -0.39 is 10.0 Å². The number of nitrogens with one attached hydrogen (secondary N) is 2. The molecule has 2 aromatic carbocycles. The van der Waals surface area contributed by atoms with Gasteiger partial charge in [0.05, 0.1) is 5.71 Å². The molecule has 0 aliphatic carbocycles. The topological polar surface area (TPSA) is 87.6 Å². The van der Waals surface area contributed by atoms with Gasteiger partial charge in [0, 0.05) is 15.7 Å². The molecular formula is C19H16BrN3O3S2. The fraction of sp³-hybridized carbons (Fsp3) is 0.0526. The molecule has 0 bridgehead atoms. The monoisotopic (exact) mass is 477 g/mol. The number of rotatable bonds is 6. The summed E-state index contributed by atoms with van der Waals surface area (Å²) in [5.41, 5.74) is 4.80. The summed E-state index contributed by atoms with van der Waals surface area (Å²) in [6.45, 7) is 1.80. The van der Waals surface area contributed by atoms with Crippen LogP contribution in [0.15, 0.2) is 79.8 Å². The Bertz CT molecular complexity index is 1090. The van der Waals surface area contributed by atoms with Crippen LogP contribution in [0.4, 0.5) is 5.69 Å². The molecule has 1 heterocycles. The van der Waals surface area contributed by atoms with Crippen LogP contribution in [-0.2, 0) is 10.0 Å². The molecule has 9 heteroatoms. The van der Waals surface area contributed by atoms with Crippen molar-refractivity contribution in [2.24, 2.45) is 5.10 Å². The van der Waals surface area contributed by atoms with Crippen molar-refractivity contribution in [3.63, 3.8) is 0 Å².